The van der Waals surface area contributed by atoms with E-state index in [1.165, 1.54) is 17.7 Å². The van der Waals surface area contributed by atoms with Gasteiger partial charge in [0.2, 0.25) is 0 Å². The molecule has 1 aliphatic rings. The maximum Gasteiger partial charge on any atom is 0.264 e. The second-order valence-corrected chi connectivity index (χ2v) is 6.38. The number of aromatic nitrogens is 3. The summed E-state index contributed by atoms with van der Waals surface area (Å²) >= 11 is 1.45. The molecule has 0 saturated carbocycles. The molecule has 0 unspecified atom stereocenters. The molecule has 1 amide bonds. The van der Waals surface area contributed by atoms with Crippen molar-refractivity contribution in [3.8, 4) is 5.69 Å². The highest BCUT2D eigenvalue weighted by molar-refractivity contribution is 7.12. The summed E-state index contributed by atoms with van der Waals surface area (Å²) in [5, 5.41) is 6.24. The third-order valence-corrected chi connectivity index (χ3v) is 4.85. The molecule has 0 bridgehead atoms. The molecule has 0 radical (unpaired) electrons. The Balaban J connectivity index is 1.70. The van der Waals surface area contributed by atoms with Crippen LogP contribution in [0.4, 0.5) is 0 Å². The van der Waals surface area contributed by atoms with Crippen molar-refractivity contribution in [1.29, 1.82) is 0 Å². The third-order valence-electron chi connectivity index (χ3n) is 3.99. The number of thiophene rings is 1. The van der Waals surface area contributed by atoms with Gasteiger partial charge in [0.05, 0.1) is 23.8 Å². The Labute approximate surface area is 143 Å². The fraction of sp³-hybridized carbons (Fsp3) is 0.235. The van der Waals surface area contributed by atoms with Gasteiger partial charge < -0.3 is 9.64 Å². The number of ether oxygens (including phenoxy) is 1. The zero-order valence-corrected chi connectivity index (χ0v) is 13.7. The molecule has 1 fully saturated rings. The van der Waals surface area contributed by atoms with E-state index in [4.69, 9.17) is 4.74 Å². The molecule has 1 aromatic carbocycles. The Morgan fingerprint density at radius 1 is 1.21 bits per heavy atom. The molecule has 0 spiro atoms. The van der Waals surface area contributed by atoms with Crippen molar-refractivity contribution in [2.75, 3.05) is 19.8 Å². The number of benzene rings is 1. The van der Waals surface area contributed by atoms with E-state index in [0.717, 1.165) is 10.6 Å². The second kappa shape index (κ2) is 6.54. The topological polar surface area (TPSA) is 60.3 Å². The first-order valence-corrected chi connectivity index (χ1v) is 8.60. The van der Waals surface area contributed by atoms with Gasteiger partial charge in [-0.15, -0.1) is 11.3 Å². The fourth-order valence-corrected chi connectivity index (χ4v) is 3.53. The molecule has 4 rings (SSSR count). The maximum absolute atomic E-state index is 12.8. The van der Waals surface area contributed by atoms with Crippen LogP contribution in [0.5, 0.6) is 0 Å². The Bertz CT molecular complexity index is 816. The van der Waals surface area contributed by atoms with Crippen LogP contribution in [0.15, 0.2) is 54.2 Å². The summed E-state index contributed by atoms with van der Waals surface area (Å²) in [6.45, 7) is 1.50. The molecule has 24 heavy (non-hydrogen) atoms. The highest BCUT2D eigenvalue weighted by atomic mass is 32.1. The lowest BCUT2D eigenvalue weighted by Crippen LogP contribution is -2.44. The van der Waals surface area contributed by atoms with Gasteiger partial charge in [-0.2, -0.15) is 5.10 Å². The van der Waals surface area contributed by atoms with Gasteiger partial charge in [0.15, 0.2) is 5.82 Å². The number of hydrogen-bond acceptors (Lipinski definition) is 5. The zero-order valence-electron chi connectivity index (χ0n) is 12.9. The van der Waals surface area contributed by atoms with Gasteiger partial charge in [-0.1, -0.05) is 24.3 Å². The standard InChI is InChI=1S/C17H16N4O2S/c22-17(15-7-4-10-24-15)20-8-9-23-11-14(20)16-18-12-19-21(16)13-5-2-1-3-6-13/h1-7,10,12,14H,8-9,11H2/t14-/m0/s1. The van der Waals surface area contributed by atoms with E-state index in [9.17, 15) is 4.79 Å². The van der Waals surface area contributed by atoms with E-state index in [-0.39, 0.29) is 11.9 Å². The number of carbonyl (C=O) groups is 1. The van der Waals surface area contributed by atoms with E-state index in [1.54, 1.807) is 4.68 Å². The van der Waals surface area contributed by atoms with E-state index >= 15 is 0 Å². The van der Waals surface area contributed by atoms with Crippen molar-refractivity contribution < 1.29 is 9.53 Å². The normalized spacial score (nSPS) is 17.8. The fourth-order valence-electron chi connectivity index (χ4n) is 2.85. The van der Waals surface area contributed by atoms with Crippen molar-refractivity contribution in [2.45, 2.75) is 6.04 Å². The highest BCUT2D eigenvalue weighted by Crippen LogP contribution is 2.27. The molecule has 6 nitrogen and oxygen atoms in total. The van der Waals surface area contributed by atoms with Gasteiger partial charge in [-0.3, -0.25) is 4.79 Å². The molecule has 0 aliphatic carbocycles. The van der Waals surface area contributed by atoms with Gasteiger partial charge in [0, 0.05) is 6.54 Å². The number of hydrogen-bond donors (Lipinski definition) is 0. The van der Waals surface area contributed by atoms with Crippen LogP contribution in [-0.4, -0.2) is 45.3 Å². The van der Waals surface area contributed by atoms with Crippen LogP contribution in [0, 0.1) is 0 Å². The van der Waals surface area contributed by atoms with Crippen LogP contribution >= 0.6 is 11.3 Å². The van der Waals surface area contributed by atoms with E-state index in [1.807, 2.05) is 52.7 Å². The van der Waals surface area contributed by atoms with E-state index < -0.39 is 0 Å². The molecular weight excluding hydrogens is 324 g/mol. The Hall–Kier alpha value is -2.51. The summed E-state index contributed by atoms with van der Waals surface area (Å²) in [4.78, 5) is 19.8. The Morgan fingerprint density at radius 2 is 2.08 bits per heavy atom. The molecule has 3 aromatic rings. The molecule has 1 aliphatic heterocycles. The van der Waals surface area contributed by atoms with E-state index in [0.29, 0.717) is 25.6 Å². The minimum absolute atomic E-state index is 0.0147. The molecule has 3 heterocycles. The molecular formula is C17H16N4O2S. The van der Waals surface area contributed by atoms with Crippen molar-refractivity contribution in [3.63, 3.8) is 0 Å². The minimum atomic E-state index is -0.254. The van der Waals surface area contributed by atoms with Crippen molar-refractivity contribution in [3.05, 3.63) is 64.9 Å². The lowest BCUT2D eigenvalue weighted by atomic mass is 10.2. The van der Waals surface area contributed by atoms with Gasteiger partial charge in [0.25, 0.3) is 5.91 Å². The number of para-hydroxylation sites is 1. The highest BCUT2D eigenvalue weighted by Gasteiger charge is 2.33. The SMILES string of the molecule is O=C(c1cccs1)N1CCOC[C@H]1c1ncnn1-c1ccccc1. The molecule has 122 valence electrons. The van der Waals surface area contributed by atoms with Crippen LogP contribution in [0.25, 0.3) is 5.69 Å². The lowest BCUT2D eigenvalue weighted by molar-refractivity contribution is -0.00553. The quantitative estimate of drug-likeness (QED) is 0.735. The summed E-state index contributed by atoms with van der Waals surface area (Å²) < 4.78 is 7.39. The van der Waals surface area contributed by atoms with Gasteiger partial charge >= 0.3 is 0 Å². The van der Waals surface area contributed by atoms with Crippen molar-refractivity contribution in [1.82, 2.24) is 19.7 Å². The van der Waals surface area contributed by atoms with Crippen LogP contribution in [0.3, 0.4) is 0 Å². The zero-order chi connectivity index (χ0) is 16.4. The maximum atomic E-state index is 12.8. The van der Waals surface area contributed by atoms with Gasteiger partial charge in [0.1, 0.15) is 12.4 Å². The van der Waals surface area contributed by atoms with Gasteiger partial charge in [-0.25, -0.2) is 9.67 Å². The first kappa shape index (κ1) is 15.0. The number of amides is 1. The predicted molar refractivity (Wildman–Crippen MR) is 90.3 cm³/mol. The second-order valence-electron chi connectivity index (χ2n) is 5.43. The smallest absolute Gasteiger partial charge is 0.264 e. The largest absolute Gasteiger partial charge is 0.377 e. The summed E-state index contributed by atoms with van der Waals surface area (Å²) in [6, 6.07) is 13.3. The monoisotopic (exact) mass is 340 g/mol. The number of morpholine rings is 1. The lowest BCUT2D eigenvalue weighted by Gasteiger charge is -2.34. The number of rotatable bonds is 3. The average molecular weight is 340 g/mol. The third kappa shape index (κ3) is 2.72. The van der Waals surface area contributed by atoms with E-state index in [2.05, 4.69) is 10.1 Å². The molecule has 1 saturated heterocycles. The van der Waals surface area contributed by atoms with Crippen LogP contribution in [0.1, 0.15) is 21.5 Å². The summed E-state index contributed by atoms with van der Waals surface area (Å²) in [7, 11) is 0. The first-order valence-electron chi connectivity index (χ1n) is 7.72. The molecule has 2 aromatic heterocycles. The van der Waals surface area contributed by atoms with Crippen LogP contribution in [0.2, 0.25) is 0 Å². The van der Waals surface area contributed by atoms with Crippen molar-refractivity contribution in [2.24, 2.45) is 0 Å². The summed E-state index contributed by atoms with van der Waals surface area (Å²) in [6.07, 6.45) is 1.52. The summed E-state index contributed by atoms with van der Waals surface area (Å²) in [5.41, 5.74) is 0.916. The Kier molecular flexibility index (Phi) is 4.10. The first-order chi connectivity index (χ1) is 11.8. The minimum Gasteiger partial charge on any atom is -0.377 e. The molecule has 7 heteroatoms. The Morgan fingerprint density at radius 3 is 2.88 bits per heavy atom. The number of carbonyl (C=O) groups excluding carboxylic acids is 1. The van der Waals surface area contributed by atoms with Gasteiger partial charge in [-0.05, 0) is 23.6 Å². The van der Waals surface area contributed by atoms with Crippen LogP contribution in [-0.2, 0) is 4.74 Å². The van der Waals surface area contributed by atoms with Crippen LogP contribution < -0.4 is 0 Å². The van der Waals surface area contributed by atoms with Crippen molar-refractivity contribution >= 4 is 17.2 Å². The summed E-state index contributed by atoms with van der Waals surface area (Å²) in [5.74, 6) is 0.728. The number of nitrogens with zero attached hydrogens (tertiary/aromatic N) is 4. The molecule has 0 N–H and O–H groups in total. The predicted octanol–water partition coefficient (Wildman–Crippen LogP) is 2.54. The molecule has 1 atom stereocenters. The average Bonchev–Trinajstić information content (AvgIpc) is 3.33.